The van der Waals surface area contributed by atoms with Gasteiger partial charge in [0.25, 0.3) is 5.56 Å². The molecule has 0 saturated carbocycles. The monoisotopic (exact) mass is 641 g/mol. The Morgan fingerprint density at radius 3 is 2.53 bits per heavy atom. The number of nitrogens with zero attached hydrogens (tertiary/aromatic N) is 1. The minimum atomic E-state index is -4.36. The zero-order valence-electron chi connectivity index (χ0n) is 23.7. The van der Waals surface area contributed by atoms with Crippen LogP contribution in [0.4, 0.5) is 8.78 Å². The summed E-state index contributed by atoms with van der Waals surface area (Å²) in [5, 5.41) is 2.77. The highest BCUT2D eigenvalue weighted by molar-refractivity contribution is 7.52. The van der Waals surface area contributed by atoms with Gasteiger partial charge in [-0.15, -0.1) is 0 Å². The van der Waals surface area contributed by atoms with Crippen LogP contribution in [-0.2, 0) is 23.4 Å². The Hall–Kier alpha value is -3.35. The predicted molar refractivity (Wildman–Crippen MR) is 154 cm³/mol. The summed E-state index contributed by atoms with van der Waals surface area (Å²) < 4.78 is 66.9. The third-order valence-electron chi connectivity index (χ3n) is 6.38. The largest absolute Gasteiger partial charge is 0.462 e. The highest BCUT2D eigenvalue weighted by Gasteiger charge is 2.48. The van der Waals surface area contributed by atoms with Crippen molar-refractivity contribution in [3.05, 3.63) is 86.4 Å². The first-order chi connectivity index (χ1) is 20.2. The average Bonchev–Trinajstić information content (AvgIpc) is 3.21. The molecule has 1 aliphatic rings. The van der Waals surface area contributed by atoms with Gasteiger partial charge in [0.2, 0.25) is 0 Å². The van der Waals surface area contributed by atoms with Gasteiger partial charge in [-0.05, 0) is 63.6 Å². The van der Waals surface area contributed by atoms with Gasteiger partial charge >= 0.3 is 19.4 Å². The number of aromatic nitrogens is 2. The Bertz CT molecular complexity index is 1630. The first kappa shape index (κ1) is 32.6. The lowest BCUT2D eigenvalue weighted by molar-refractivity contribution is -0.149. The Labute approximate surface area is 250 Å². The minimum Gasteiger partial charge on any atom is -0.462 e. The average molecular weight is 642 g/mol. The molecule has 1 aromatic heterocycles. The highest BCUT2D eigenvalue weighted by Crippen LogP contribution is 2.47. The fourth-order valence-corrected chi connectivity index (χ4v) is 6.12. The minimum absolute atomic E-state index is 0.0544. The molecule has 2 aromatic carbocycles. The van der Waals surface area contributed by atoms with Crippen molar-refractivity contribution in [3.63, 3.8) is 0 Å². The molecule has 0 radical (unpaired) electrons. The summed E-state index contributed by atoms with van der Waals surface area (Å²) in [4.78, 5) is 38.2. The van der Waals surface area contributed by atoms with Crippen LogP contribution in [0.2, 0.25) is 5.02 Å². The molecule has 4 rings (SSSR count). The maximum absolute atomic E-state index is 15.5. The third kappa shape index (κ3) is 8.18. The molecule has 2 heterocycles. The van der Waals surface area contributed by atoms with E-state index >= 15 is 4.39 Å². The van der Waals surface area contributed by atoms with Gasteiger partial charge in [-0.3, -0.25) is 23.7 Å². The van der Waals surface area contributed by atoms with E-state index < -0.39 is 67.5 Å². The molecule has 232 valence electrons. The van der Waals surface area contributed by atoms with Crippen LogP contribution in [0.15, 0.2) is 64.3 Å². The van der Waals surface area contributed by atoms with Crippen molar-refractivity contribution in [2.75, 3.05) is 6.61 Å². The van der Waals surface area contributed by atoms with Crippen LogP contribution in [0.25, 0.3) is 11.1 Å². The van der Waals surface area contributed by atoms with Crippen molar-refractivity contribution < 1.29 is 36.7 Å². The first-order valence-corrected chi connectivity index (χ1v) is 15.2. The van der Waals surface area contributed by atoms with Crippen LogP contribution < -0.4 is 20.9 Å². The lowest BCUT2D eigenvalue weighted by atomic mass is 10.0. The SMILES string of the molecule is CC(C)OC(=O)C(C)NP(=O)(OCC1CC(C)(F)C(n2ccc(=O)[nH]c2=O)O1)Oc1ccc(-c2ccc(Cl)cc2F)cc1. The number of rotatable bonds is 11. The lowest BCUT2D eigenvalue weighted by Crippen LogP contribution is -2.38. The molecule has 1 saturated heterocycles. The fraction of sp³-hybridized carbons (Fsp3) is 0.393. The van der Waals surface area contributed by atoms with Crippen LogP contribution in [0, 0.1) is 5.82 Å². The number of ether oxygens (including phenoxy) is 2. The van der Waals surface area contributed by atoms with Crippen molar-refractivity contribution in [3.8, 4) is 16.9 Å². The Morgan fingerprint density at radius 1 is 1.21 bits per heavy atom. The van der Waals surface area contributed by atoms with E-state index in [0.717, 1.165) is 16.8 Å². The maximum Gasteiger partial charge on any atom is 0.459 e. The lowest BCUT2D eigenvalue weighted by Gasteiger charge is -2.24. The quantitative estimate of drug-likeness (QED) is 0.215. The molecular formula is C28H31ClF2N3O8P. The summed E-state index contributed by atoms with van der Waals surface area (Å²) in [6.07, 6.45) is -1.98. The molecule has 5 unspecified atom stereocenters. The molecule has 0 bridgehead atoms. The normalized spacial score (nSPS) is 22.2. The van der Waals surface area contributed by atoms with Crippen molar-refractivity contribution in [2.24, 2.45) is 0 Å². The van der Waals surface area contributed by atoms with Gasteiger partial charge in [-0.1, -0.05) is 23.7 Å². The van der Waals surface area contributed by atoms with E-state index in [4.69, 9.17) is 30.1 Å². The Morgan fingerprint density at radius 2 is 1.91 bits per heavy atom. The number of halogens is 3. The van der Waals surface area contributed by atoms with E-state index in [1.54, 1.807) is 19.9 Å². The van der Waals surface area contributed by atoms with Gasteiger partial charge in [0, 0.05) is 29.3 Å². The molecule has 0 aliphatic carbocycles. The third-order valence-corrected chi connectivity index (χ3v) is 8.26. The number of alkyl halides is 1. The smallest absolute Gasteiger partial charge is 0.459 e. The summed E-state index contributed by atoms with van der Waals surface area (Å²) in [7, 11) is -4.36. The number of hydrogen-bond acceptors (Lipinski definition) is 8. The Balaban J connectivity index is 1.53. The second-order valence-corrected chi connectivity index (χ2v) is 12.6. The number of carbonyl (C=O) groups excluding carboxylic acids is 1. The van der Waals surface area contributed by atoms with E-state index in [1.807, 2.05) is 4.98 Å². The van der Waals surface area contributed by atoms with Gasteiger partial charge in [0.1, 0.15) is 17.6 Å². The van der Waals surface area contributed by atoms with Crippen LogP contribution in [-0.4, -0.2) is 46.0 Å². The molecule has 5 atom stereocenters. The summed E-state index contributed by atoms with van der Waals surface area (Å²) in [6.45, 7) is 5.46. The standard InChI is InChI=1S/C28H31ClF2N3O8P/c1-16(2)40-25(36)17(3)33-43(38,42-20-8-5-18(6-9-20)22-10-7-19(29)13-23(22)30)39-15-21-14-28(4,31)26(41-21)34-12-11-24(35)32-27(34)37/h5-13,16-17,21,26H,14-15H2,1-4H3,(H,33,38)(H,32,35,37). The van der Waals surface area contributed by atoms with E-state index in [0.29, 0.717) is 5.56 Å². The molecule has 1 fully saturated rings. The predicted octanol–water partition coefficient (Wildman–Crippen LogP) is 5.15. The van der Waals surface area contributed by atoms with Gasteiger partial charge < -0.3 is 14.0 Å². The zero-order chi connectivity index (χ0) is 31.5. The summed E-state index contributed by atoms with van der Waals surface area (Å²) in [5.74, 6) is -1.20. The van der Waals surface area contributed by atoms with Crippen LogP contribution in [0.3, 0.4) is 0 Å². The molecule has 0 spiro atoms. The topological polar surface area (TPSA) is 138 Å². The number of aromatic amines is 1. The van der Waals surface area contributed by atoms with Crippen LogP contribution in [0.5, 0.6) is 5.75 Å². The number of hydrogen-bond donors (Lipinski definition) is 2. The fourth-order valence-electron chi connectivity index (χ4n) is 4.44. The second-order valence-electron chi connectivity index (χ2n) is 10.5. The summed E-state index contributed by atoms with van der Waals surface area (Å²) >= 11 is 5.84. The molecule has 11 nitrogen and oxygen atoms in total. The van der Waals surface area contributed by atoms with Crippen LogP contribution in [0.1, 0.15) is 40.3 Å². The van der Waals surface area contributed by atoms with Crippen molar-refractivity contribution in [2.45, 2.75) is 64.3 Å². The molecule has 2 N–H and O–H groups in total. The van der Waals surface area contributed by atoms with Crippen molar-refractivity contribution >= 4 is 25.3 Å². The van der Waals surface area contributed by atoms with Gasteiger partial charge in [-0.25, -0.2) is 18.1 Å². The highest BCUT2D eigenvalue weighted by atomic mass is 35.5. The zero-order valence-corrected chi connectivity index (χ0v) is 25.4. The van der Waals surface area contributed by atoms with E-state index in [9.17, 15) is 23.3 Å². The maximum atomic E-state index is 15.5. The molecule has 0 amide bonds. The number of H-pyrrole nitrogens is 1. The van der Waals surface area contributed by atoms with Crippen molar-refractivity contribution in [1.29, 1.82) is 0 Å². The molecule has 3 aromatic rings. The summed E-state index contributed by atoms with van der Waals surface area (Å²) in [6, 6.07) is 10.1. The number of carbonyl (C=O) groups is 1. The number of esters is 1. The van der Waals surface area contributed by atoms with E-state index in [1.165, 1.54) is 50.2 Å². The van der Waals surface area contributed by atoms with Crippen molar-refractivity contribution in [1.82, 2.24) is 14.6 Å². The molecular weight excluding hydrogens is 611 g/mol. The first-order valence-electron chi connectivity index (χ1n) is 13.3. The number of nitrogens with one attached hydrogen (secondary N) is 2. The van der Waals surface area contributed by atoms with Gasteiger partial charge in [0.15, 0.2) is 11.9 Å². The summed E-state index contributed by atoms with van der Waals surface area (Å²) in [5.41, 5.74) is -2.81. The van der Waals surface area contributed by atoms with E-state index in [-0.39, 0.29) is 22.8 Å². The van der Waals surface area contributed by atoms with Gasteiger partial charge in [0.05, 0.1) is 18.8 Å². The van der Waals surface area contributed by atoms with E-state index in [2.05, 4.69) is 5.09 Å². The number of benzene rings is 2. The molecule has 15 heteroatoms. The van der Waals surface area contributed by atoms with Crippen LogP contribution >= 0.6 is 19.3 Å². The molecule has 1 aliphatic heterocycles. The Kier molecular flexibility index (Phi) is 9.93. The second kappa shape index (κ2) is 13.1. The molecule has 43 heavy (non-hydrogen) atoms. The van der Waals surface area contributed by atoms with Gasteiger partial charge in [-0.2, -0.15) is 5.09 Å².